The lowest BCUT2D eigenvalue weighted by Gasteiger charge is -2.08. The molecule has 1 aliphatic rings. The highest BCUT2D eigenvalue weighted by atomic mass is 16.7. The molecule has 0 spiro atoms. The number of hydrogen-bond donors (Lipinski definition) is 0. The van der Waals surface area contributed by atoms with Crippen LogP contribution in [0.3, 0.4) is 0 Å². The Labute approximate surface area is 102 Å². The number of ether oxygens (including phenoxy) is 2. The second-order valence-corrected chi connectivity index (χ2v) is 3.80. The van der Waals surface area contributed by atoms with Gasteiger partial charge in [-0.1, -0.05) is 0 Å². The topological polar surface area (TPSA) is 77.1 Å². The normalized spacial score (nSPS) is 12.7. The summed E-state index contributed by atoms with van der Waals surface area (Å²) >= 11 is 0. The SMILES string of the molecule is CCn1nc(C#N)c(=O)c2c3c(ccc21)OCO3. The molecule has 1 aromatic carbocycles. The molecule has 0 saturated carbocycles. The van der Waals surface area contributed by atoms with Gasteiger partial charge in [0.2, 0.25) is 17.9 Å². The van der Waals surface area contributed by atoms with E-state index in [1.165, 1.54) is 0 Å². The second kappa shape index (κ2) is 3.74. The minimum absolute atomic E-state index is 0.0875. The number of hydrogen-bond acceptors (Lipinski definition) is 5. The van der Waals surface area contributed by atoms with Crippen LogP contribution >= 0.6 is 0 Å². The van der Waals surface area contributed by atoms with Gasteiger partial charge in [-0.2, -0.15) is 10.4 Å². The van der Waals surface area contributed by atoms with Crippen LogP contribution < -0.4 is 14.9 Å². The summed E-state index contributed by atoms with van der Waals surface area (Å²) in [5.41, 5.74) is 0.0959. The molecule has 0 amide bonds. The van der Waals surface area contributed by atoms with E-state index in [1.807, 2.05) is 13.0 Å². The maximum absolute atomic E-state index is 12.2. The first-order chi connectivity index (χ1) is 8.76. The van der Waals surface area contributed by atoms with Crippen molar-refractivity contribution >= 4 is 10.9 Å². The highest BCUT2D eigenvalue weighted by Gasteiger charge is 2.22. The van der Waals surface area contributed by atoms with Crippen molar-refractivity contribution in [2.75, 3.05) is 6.79 Å². The van der Waals surface area contributed by atoms with Gasteiger partial charge in [-0.15, -0.1) is 0 Å². The lowest BCUT2D eigenvalue weighted by atomic mass is 10.1. The maximum Gasteiger partial charge on any atom is 0.231 e. The van der Waals surface area contributed by atoms with Crippen LogP contribution in [0.1, 0.15) is 12.6 Å². The van der Waals surface area contributed by atoms with Crippen molar-refractivity contribution in [2.45, 2.75) is 13.5 Å². The number of benzene rings is 1. The van der Waals surface area contributed by atoms with Crippen LogP contribution in [0.2, 0.25) is 0 Å². The molecule has 1 aliphatic heterocycles. The van der Waals surface area contributed by atoms with E-state index in [-0.39, 0.29) is 12.5 Å². The third-order valence-corrected chi connectivity index (χ3v) is 2.86. The van der Waals surface area contributed by atoms with Gasteiger partial charge in [0.15, 0.2) is 11.5 Å². The standard InChI is InChI=1S/C12H9N3O3/c1-2-15-8-3-4-9-12(18-6-17-9)10(8)11(16)7(5-13)14-15/h3-4H,2,6H2,1H3. The average Bonchev–Trinajstić information content (AvgIpc) is 2.87. The molecule has 0 atom stereocenters. The van der Waals surface area contributed by atoms with E-state index in [9.17, 15) is 4.79 Å². The van der Waals surface area contributed by atoms with Crippen LogP contribution in [-0.4, -0.2) is 16.6 Å². The fourth-order valence-electron chi connectivity index (χ4n) is 2.05. The van der Waals surface area contributed by atoms with E-state index >= 15 is 0 Å². The molecular weight excluding hydrogens is 234 g/mol. The third-order valence-electron chi connectivity index (χ3n) is 2.86. The first-order valence-corrected chi connectivity index (χ1v) is 5.49. The van der Waals surface area contributed by atoms with Crippen LogP contribution in [-0.2, 0) is 6.54 Å². The molecule has 0 radical (unpaired) electrons. The van der Waals surface area contributed by atoms with E-state index in [2.05, 4.69) is 5.10 Å². The third kappa shape index (κ3) is 1.27. The summed E-state index contributed by atoms with van der Waals surface area (Å²) < 4.78 is 12.2. The van der Waals surface area contributed by atoms with Crippen molar-refractivity contribution in [3.8, 4) is 17.6 Å². The zero-order valence-corrected chi connectivity index (χ0v) is 9.64. The van der Waals surface area contributed by atoms with Gasteiger partial charge in [0.05, 0.1) is 10.9 Å². The van der Waals surface area contributed by atoms with Gasteiger partial charge in [0.1, 0.15) is 6.07 Å². The minimum atomic E-state index is -0.417. The molecule has 90 valence electrons. The van der Waals surface area contributed by atoms with Crippen LogP contribution in [0.25, 0.3) is 10.9 Å². The minimum Gasteiger partial charge on any atom is -0.454 e. The van der Waals surface area contributed by atoms with E-state index in [1.54, 1.807) is 16.8 Å². The molecule has 1 aromatic heterocycles. The van der Waals surface area contributed by atoms with E-state index in [0.717, 1.165) is 0 Å². The van der Waals surface area contributed by atoms with Gasteiger partial charge in [0.25, 0.3) is 0 Å². The van der Waals surface area contributed by atoms with E-state index in [0.29, 0.717) is 28.9 Å². The van der Waals surface area contributed by atoms with Crippen molar-refractivity contribution in [1.82, 2.24) is 9.78 Å². The van der Waals surface area contributed by atoms with Crippen LogP contribution in [0.15, 0.2) is 16.9 Å². The molecule has 0 N–H and O–H groups in total. The summed E-state index contributed by atoms with van der Waals surface area (Å²) in [7, 11) is 0. The Morgan fingerprint density at radius 1 is 1.50 bits per heavy atom. The predicted molar refractivity (Wildman–Crippen MR) is 62.5 cm³/mol. The Morgan fingerprint density at radius 2 is 2.33 bits per heavy atom. The number of rotatable bonds is 1. The van der Waals surface area contributed by atoms with E-state index in [4.69, 9.17) is 14.7 Å². The Hall–Kier alpha value is -2.55. The highest BCUT2D eigenvalue weighted by molar-refractivity contribution is 5.88. The highest BCUT2D eigenvalue weighted by Crippen LogP contribution is 2.37. The van der Waals surface area contributed by atoms with Crippen molar-refractivity contribution in [2.24, 2.45) is 0 Å². The van der Waals surface area contributed by atoms with Gasteiger partial charge < -0.3 is 9.47 Å². The molecular formula is C12H9N3O3. The molecule has 18 heavy (non-hydrogen) atoms. The zero-order chi connectivity index (χ0) is 12.7. The molecule has 6 heteroatoms. The van der Waals surface area contributed by atoms with Crippen molar-refractivity contribution in [3.63, 3.8) is 0 Å². The number of nitriles is 1. The lowest BCUT2D eigenvalue weighted by molar-refractivity contribution is 0.175. The number of nitrogens with zero attached hydrogens (tertiary/aromatic N) is 3. The Bertz CT molecular complexity index is 743. The van der Waals surface area contributed by atoms with Crippen LogP contribution in [0, 0.1) is 11.3 Å². The quantitative estimate of drug-likeness (QED) is 0.747. The fraction of sp³-hybridized carbons (Fsp3) is 0.250. The monoisotopic (exact) mass is 243 g/mol. The number of fused-ring (bicyclic) bond motifs is 3. The average molecular weight is 243 g/mol. The lowest BCUT2D eigenvalue weighted by Crippen LogP contribution is -2.17. The first-order valence-electron chi connectivity index (χ1n) is 5.49. The molecule has 0 fully saturated rings. The Balaban J connectivity index is 2.52. The molecule has 0 bridgehead atoms. The molecule has 2 aromatic rings. The molecule has 6 nitrogen and oxygen atoms in total. The molecule has 2 heterocycles. The molecule has 0 saturated heterocycles. The van der Waals surface area contributed by atoms with Gasteiger partial charge in [-0.05, 0) is 19.1 Å². The van der Waals surface area contributed by atoms with Crippen LogP contribution in [0.5, 0.6) is 11.5 Å². The first kappa shape index (κ1) is 10.6. The molecule has 0 unspecified atom stereocenters. The van der Waals surface area contributed by atoms with Crippen LogP contribution in [0.4, 0.5) is 0 Å². The van der Waals surface area contributed by atoms with Gasteiger partial charge in [-0.3, -0.25) is 9.48 Å². The summed E-state index contributed by atoms with van der Waals surface area (Å²) in [6.07, 6.45) is 0. The summed E-state index contributed by atoms with van der Waals surface area (Å²) in [5.74, 6) is 0.927. The predicted octanol–water partition coefficient (Wildman–Crippen LogP) is 1.02. The smallest absolute Gasteiger partial charge is 0.231 e. The summed E-state index contributed by atoms with van der Waals surface area (Å²) in [4.78, 5) is 12.2. The largest absolute Gasteiger partial charge is 0.454 e. The Kier molecular flexibility index (Phi) is 2.20. The van der Waals surface area contributed by atoms with Gasteiger partial charge >= 0.3 is 0 Å². The number of aromatic nitrogens is 2. The van der Waals surface area contributed by atoms with Gasteiger partial charge in [-0.25, -0.2) is 0 Å². The maximum atomic E-state index is 12.2. The van der Waals surface area contributed by atoms with Gasteiger partial charge in [0, 0.05) is 6.54 Å². The molecule has 0 aliphatic carbocycles. The van der Waals surface area contributed by atoms with Crippen molar-refractivity contribution in [3.05, 3.63) is 28.0 Å². The number of aryl methyl sites for hydroxylation is 1. The summed E-state index contributed by atoms with van der Waals surface area (Å²) in [6, 6.07) is 5.30. The summed E-state index contributed by atoms with van der Waals surface area (Å²) in [6.45, 7) is 2.54. The Morgan fingerprint density at radius 3 is 3.06 bits per heavy atom. The van der Waals surface area contributed by atoms with E-state index < -0.39 is 5.43 Å². The fourth-order valence-corrected chi connectivity index (χ4v) is 2.05. The summed E-state index contributed by atoms with van der Waals surface area (Å²) in [5, 5.41) is 13.3. The zero-order valence-electron chi connectivity index (χ0n) is 9.64. The second-order valence-electron chi connectivity index (χ2n) is 3.80. The van der Waals surface area contributed by atoms with Crippen molar-refractivity contribution < 1.29 is 9.47 Å². The molecule has 3 rings (SSSR count). The van der Waals surface area contributed by atoms with Crippen molar-refractivity contribution in [1.29, 1.82) is 5.26 Å².